The zero-order valence-electron chi connectivity index (χ0n) is 16.6. The van der Waals surface area contributed by atoms with Gasteiger partial charge < -0.3 is 19.9 Å². The Balaban J connectivity index is 2.04. The highest BCUT2D eigenvalue weighted by atomic mass is 35.5. The summed E-state index contributed by atoms with van der Waals surface area (Å²) in [6.07, 6.45) is 1.39. The molecule has 2 aromatic carbocycles. The van der Waals surface area contributed by atoms with Crippen LogP contribution in [0.4, 0.5) is 5.82 Å². The van der Waals surface area contributed by atoms with Crippen molar-refractivity contribution in [3.63, 3.8) is 0 Å². The van der Waals surface area contributed by atoms with Crippen LogP contribution in [0.3, 0.4) is 0 Å². The molecule has 0 aliphatic carbocycles. The molecule has 0 aliphatic rings. The van der Waals surface area contributed by atoms with Gasteiger partial charge in [-0.15, -0.1) is 0 Å². The van der Waals surface area contributed by atoms with Gasteiger partial charge in [0.25, 0.3) is 0 Å². The first-order valence-electron chi connectivity index (χ1n) is 9.04. The second-order valence-corrected chi connectivity index (χ2v) is 6.81. The molecule has 2 aromatic heterocycles. The van der Waals surface area contributed by atoms with Crippen molar-refractivity contribution >= 4 is 28.5 Å². The molecule has 0 spiro atoms. The minimum absolute atomic E-state index is 0.332. The molecule has 0 fully saturated rings. The smallest absolute Gasteiger partial charge is 0.203 e. The van der Waals surface area contributed by atoms with Gasteiger partial charge in [-0.3, -0.25) is 0 Å². The minimum atomic E-state index is 0.332. The van der Waals surface area contributed by atoms with Gasteiger partial charge in [0, 0.05) is 21.7 Å². The van der Waals surface area contributed by atoms with Gasteiger partial charge in [-0.1, -0.05) is 29.8 Å². The largest absolute Gasteiger partial charge is 0.493 e. The Labute approximate surface area is 178 Å². The van der Waals surface area contributed by atoms with Crippen LogP contribution in [0, 0.1) is 0 Å². The van der Waals surface area contributed by atoms with Crippen molar-refractivity contribution in [2.24, 2.45) is 0 Å². The van der Waals surface area contributed by atoms with Crippen molar-refractivity contribution in [3.8, 4) is 39.6 Å². The van der Waals surface area contributed by atoms with Gasteiger partial charge in [0.2, 0.25) is 5.75 Å². The molecule has 4 rings (SSSR count). The van der Waals surface area contributed by atoms with Crippen LogP contribution in [0.1, 0.15) is 0 Å². The third-order valence-electron chi connectivity index (χ3n) is 4.76. The first-order valence-corrected chi connectivity index (χ1v) is 9.41. The van der Waals surface area contributed by atoms with E-state index in [4.69, 9.17) is 36.5 Å². The van der Waals surface area contributed by atoms with E-state index >= 15 is 0 Å². The molecule has 152 valence electrons. The number of anilines is 1. The first-order chi connectivity index (χ1) is 14.6. The molecule has 4 aromatic rings. The predicted molar refractivity (Wildman–Crippen MR) is 117 cm³/mol. The van der Waals surface area contributed by atoms with Crippen LogP contribution < -0.4 is 19.9 Å². The van der Waals surface area contributed by atoms with Gasteiger partial charge >= 0.3 is 0 Å². The molecule has 0 aliphatic heterocycles. The van der Waals surface area contributed by atoms with E-state index in [1.165, 1.54) is 6.33 Å². The summed E-state index contributed by atoms with van der Waals surface area (Å²) in [5, 5.41) is 1.23. The third kappa shape index (κ3) is 3.33. The fourth-order valence-electron chi connectivity index (χ4n) is 3.36. The second-order valence-electron chi connectivity index (χ2n) is 6.41. The standard InChI is InChI=1S/C22H19ClN4O3/c1-28-17-8-12(9-18(29-2)20(17)30-3)16-10-14(13-6-4-5-7-15(13)23)19-21(24)25-11-26-22(19)27-16/h4-11H,1-3H3,(H2,24,25,26,27). The molecular formula is C22H19ClN4O3. The average molecular weight is 423 g/mol. The van der Waals surface area contributed by atoms with E-state index in [-0.39, 0.29) is 0 Å². The Hall–Kier alpha value is -3.58. The summed E-state index contributed by atoms with van der Waals surface area (Å²) in [6, 6.07) is 13.1. The molecule has 0 amide bonds. The number of rotatable bonds is 5. The second kappa shape index (κ2) is 8.04. The maximum absolute atomic E-state index is 6.49. The average Bonchev–Trinajstić information content (AvgIpc) is 2.77. The zero-order valence-corrected chi connectivity index (χ0v) is 17.4. The van der Waals surface area contributed by atoms with E-state index in [2.05, 4.69) is 9.97 Å². The molecule has 0 unspecified atom stereocenters. The fourth-order valence-corrected chi connectivity index (χ4v) is 3.59. The van der Waals surface area contributed by atoms with Crippen molar-refractivity contribution in [1.29, 1.82) is 0 Å². The van der Waals surface area contributed by atoms with Crippen LogP contribution in [0.25, 0.3) is 33.4 Å². The van der Waals surface area contributed by atoms with E-state index < -0.39 is 0 Å². The van der Waals surface area contributed by atoms with Gasteiger partial charge in [0.1, 0.15) is 12.1 Å². The number of nitrogens with two attached hydrogens (primary N) is 1. The Morgan fingerprint density at radius 1 is 0.867 bits per heavy atom. The van der Waals surface area contributed by atoms with Crippen molar-refractivity contribution in [3.05, 3.63) is 53.8 Å². The summed E-state index contributed by atoms with van der Waals surface area (Å²) in [5.74, 6) is 1.88. The monoisotopic (exact) mass is 422 g/mol. The Morgan fingerprint density at radius 3 is 2.20 bits per heavy atom. The molecule has 30 heavy (non-hydrogen) atoms. The first kappa shape index (κ1) is 19.7. The molecule has 0 saturated carbocycles. The summed E-state index contributed by atoms with van der Waals surface area (Å²) in [7, 11) is 4.69. The Kier molecular flexibility index (Phi) is 5.29. The normalized spacial score (nSPS) is 10.8. The van der Waals surface area contributed by atoms with Crippen molar-refractivity contribution in [2.75, 3.05) is 27.1 Å². The van der Waals surface area contributed by atoms with E-state index in [1.807, 2.05) is 42.5 Å². The quantitative estimate of drug-likeness (QED) is 0.501. The summed E-state index contributed by atoms with van der Waals surface area (Å²) < 4.78 is 16.4. The number of halogens is 1. The summed E-state index contributed by atoms with van der Waals surface area (Å²) in [6.45, 7) is 0. The fraction of sp³-hybridized carbons (Fsp3) is 0.136. The van der Waals surface area contributed by atoms with E-state index in [0.29, 0.717) is 44.8 Å². The minimum Gasteiger partial charge on any atom is -0.493 e. The molecule has 7 nitrogen and oxygen atoms in total. The van der Waals surface area contributed by atoms with Crippen LogP contribution >= 0.6 is 11.6 Å². The summed E-state index contributed by atoms with van der Waals surface area (Å²) in [5.41, 5.74) is 9.63. The lowest BCUT2D eigenvalue weighted by Gasteiger charge is -2.15. The summed E-state index contributed by atoms with van der Waals surface area (Å²) >= 11 is 6.49. The summed E-state index contributed by atoms with van der Waals surface area (Å²) in [4.78, 5) is 13.2. The van der Waals surface area contributed by atoms with Crippen molar-refractivity contribution in [2.45, 2.75) is 0 Å². The number of aromatic nitrogens is 3. The van der Waals surface area contributed by atoms with Crippen LogP contribution in [-0.4, -0.2) is 36.3 Å². The number of ether oxygens (including phenoxy) is 3. The molecular weight excluding hydrogens is 404 g/mol. The van der Waals surface area contributed by atoms with Crippen LogP contribution in [-0.2, 0) is 0 Å². The SMILES string of the molecule is COc1cc(-c2cc(-c3ccccc3Cl)c3c(N)ncnc3n2)cc(OC)c1OC. The maximum Gasteiger partial charge on any atom is 0.203 e. The van der Waals surface area contributed by atoms with Gasteiger partial charge in [0.15, 0.2) is 17.1 Å². The lowest BCUT2D eigenvalue weighted by atomic mass is 9.99. The molecule has 0 atom stereocenters. The molecule has 8 heteroatoms. The van der Waals surface area contributed by atoms with Crippen molar-refractivity contribution < 1.29 is 14.2 Å². The molecule has 0 radical (unpaired) electrons. The number of pyridine rings is 1. The molecule has 2 N–H and O–H groups in total. The van der Waals surface area contributed by atoms with Crippen LogP contribution in [0.2, 0.25) is 5.02 Å². The molecule has 0 bridgehead atoms. The van der Waals surface area contributed by atoms with Gasteiger partial charge in [-0.2, -0.15) is 0 Å². The number of hydrogen-bond donors (Lipinski definition) is 1. The highest BCUT2D eigenvalue weighted by Gasteiger charge is 2.19. The van der Waals surface area contributed by atoms with E-state index in [0.717, 1.165) is 16.7 Å². The lowest BCUT2D eigenvalue weighted by molar-refractivity contribution is 0.324. The van der Waals surface area contributed by atoms with Crippen LogP contribution in [0.15, 0.2) is 48.8 Å². The third-order valence-corrected chi connectivity index (χ3v) is 5.09. The zero-order chi connectivity index (χ0) is 21.3. The number of methoxy groups -OCH3 is 3. The maximum atomic E-state index is 6.49. The molecule has 2 heterocycles. The predicted octanol–water partition coefficient (Wildman–Crippen LogP) is 4.62. The Bertz CT molecular complexity index is 1220. The van der Waals surface area contributed by atoms with Crippen molar-refractivity contribution in [1.82, 2.24) is 15.0 Å². The van der Waals surface area contributed by atoms with E-state index in [9.17, 15) is 0 Å². The van der Waals surface area contributed by atoms with Gasteiger partial charge in [-0.05, 0) is 24.3 Å². The van der Waals surface area contributed by atoms with E-state index in [1.54, 1.807) is 21.3 Å². The number of hydrogen-bond acceptors (Lipinski definition) is 7. The molecule has 0 saturated heterocycles. The van der Waals surface area contributed by atoms with Gasteiger partial charge in [-0.25, -0.2) is 15.0 Å². The highest BCUT2D eigenvalue weighted by Crippen LogP contribution is 2.42. The van der Waals surface area contributed by atoms with Gasteiger partial charge in [0.05, 0.1) is 32.4 Å². The number of nitrogen functional groups attached to an aromatic ring is 1. The number of benzene rings is 2. The number of fused-ring (bicyclic) bond motifs is 1. The lowest BCUT2D eigenvalue weighted by Crippen LogP contribution is -2.00. The number of nitrogens with zero attached hydrogens (tertiary/aromatic N) is 3. The Morgan fingerprint density at radius 2 is 1.57 bits per heavy atom. The highest BCUT2D eigenvalue weighted by molar-refractivity contribution is 6.33. The topological polar surface area (TPSA) is 92.4 Å². The van der Waals surface area contributed by atoms with Crippen LogP contribution in [0.5, 0.6) is 17.2 Å².